The molecular weight excluding hydrogens is 264 g/mol. The maximum absolute atomic E-state index is 11.5. The Morgan fingerprint density at radius 3 is 2.58 bits per heavy atom. The Morgan fingerprint density at radius 1 is 1.37 bits per heavy atom. The van der Waals surface area contributed by atoms with Gasteiger partial charge in [-0.05, 0) is 24.1 Å². The first-order valence-corrected chi connectivity index (χ1v) is 8.02. The van der Waals surface area contributed by atoms with Crippen LogP contribution in [0.25, 0.3) is 11.1 Å². The van der Waals surface area contributed by atoms with Gasteiger partial charge in [0.05, 0.1) is 10.8 Å². The number of oxazole rings is 1. The second kappa shape index (κ2) is 4.94. The van der Waals surface area contributed by atoms with Gasteiger partial charge in [0.25, 0.3) is 0 Å². The van der Waals surface area contributed by atoms with Gasteiger partial charge in [-0.2, -0.15) is 0 Å². The van der Waals surface area contributed by atoms with Gasteiger partial charge in [0.15, 0.2) is 21.3 Å². The molecule has 2 aromatic rings. The van der Waals surface area contributed by atoms with Crippen LogP contribution >= 0.6 is 0 Å². The zero-order valence-corrected chi connectivity index (χ0v) is 12.1. The monoisotopic (exact) mass is 282 g/mol. The van der Waals surface area contributed by atoms with Crippen molar-refractivity contribution in [1.29, 1.82) is 0 Å². The van der Waals surface area contributed by atoms with E-state index in [0.717, 1.165) is 0 Å². The molecule has 1 atom stereocenters. The van der Waals surface area contributed by atoms with Gasteiger partial charge in [-0.25, -0.2) is 13.4 Å². The van der Waals surface area contributed by atoms with Crippen LogP contribution in [0.15, 0.2) is 27.5 Å². The summed E-state index contributed by atoms with van der Waals surface area (Å²) in [5, 5.41) is 0. The summed E-state index contributed by atoms with van der Waals surface area (Å²) in [5.74, 6) is 0.916. The average Bonchev–Trinajstić information content (AvgIpc) is 2.70. The molecular formula is C13H18N2O3S. The van der Waals surface area contributed by atoms with E-state index in [4.69, 9.17) is 10.2 Å². The number of benzene rings is 1. The van der Waals surface area contributed by atoms with Crippen LogP contribution in [0.3, 0.4) is 0 Å². The molecule has 5 nitrogen and oxygen atoms in total. The fourth-order valence-electron chi connectivity index (χ4n) is 1.97. The second-order valence-electron chi connectivity index (χ2n) is 5.04. The average molecular weight is 282 g/mol. The number of rotatable bonds is 4. The van der Waals surface area contributed by atoms with E-state index in [-0.39, 0.29) is 10.8 Å². The molecule has 0 saturated carbocycles. The van der Waals surface area contributed by atoms with Gasteiger partial charge in [-0.1, -0.05) is 13.8 Å². The third kappa shape index (κ3) is 2.79. The molecule has 0 aliphatic carbocycles. The Bertz CT molecular complexity index is 689. The minimum atomic E-state index is -3.23. The van der Waals surface area contributed by atoms with Crippen LogP contribution in [0.5, 0.6) is 0 Å². The number of hydrogen-bond acceptors (Lipinski definition) is 5. The van der Waals surface area contributed by atoms with Crippen molar-refractivity contribution in [3.8, 4) is 0 Å². The molecule has 1 unspecified atom stereocenters. The lowest BCUT2D eigenvalue weighted by molar-refractivity contribution is 0.400. The van der Waals surface area contributed by atoms with Gasteiger partial charge < -0.3 is 10.2 Å². The van der Waals surface area contributed by atoms with Gasteiger partial charge >= 0.3 is 0 Å². The highest BCUT2D eigenvalue weighted by atomic mass is 32.2. The summed E-state index contributed by atoms with van der Waals surface area (Å²) < 4.78 is 28.7. The highest BCUT2D eigenvalue weighted by molar-refractivity contribution is 7.90. The minimum Gasteiger partial charge on any atom is -0.440 e. The summed E-state index contributed by atoms with van der Waals surface area (Å²) in [6, 6.07) is 4.70. The van der Waals surface area contributed by atoms with E-state index in [9.17, 15) is 8.42 Å². The largest absolute Gasteiger partial charge is 0.440 e. The molecule has 104 valence electrons. The summed E-state index contributed by atoms with van der Waals surface area (Å²) >= 11 is 0. The first-order valence-electron chi connectivity index (χ1n) is 6.13. The van der Waals surface area contributed by atoms with E-state index >= 15 is 0 Å². The number of aromatic nitrogens is 1. The Morgan fingerprint density at radius 2 is 2.05 bits per heavy atom. The van der Waals surface area contributed by atoms with Crippen molar-refractivity contribution in [2.75, 3.05) is 12.8 Å². The lowest BCUT2D eigenvalue weighted by Gasteiger charge is -2.13. The van der Waals surface area contributed by atoms with Crippen molar-refractivity contribution in [3.05, 3.63) is 24.1 Å². The van der Waals surface area contributed by atoms with Crippen LogP contribution in [-0.2, 0) is 9.84 Å². The van der Waals surface area contributed by atoms with Crippen molar-refractivity contribution in [2.45, 2.75) is 24.7 Å². The quantitative estimate of drug-likeness (QED) is 0.926. The Kier molecular flexibility index (Phi) is 3.64. The molecule has 6 heteroatoms. The molecule has 0 aliphatic rings. The predicted octanol–water partition coefficient (Wildman–Crippen LogP) is 1.93. The maximum atomic E-state index is 11.5. The van der Waals surface area contributed by atoms with Gasteiger partial charge in [0, 0.05) is 12.8 Å². The number of fused-ring (bicyclic) bond motifs is 1. The van der Waals surface area contributed by atoms with Crippen molar-refractivity contribution in [3.63, 3.8) is 0 Å². The first kappa shape index (κ1) is 14.0. The smallest absolute Gasteiger partial charge is 0.200 e. The van der Waals surface area contributed by atoms with Gasteiger partial charge in [0.1, 0.15) is 5.52 Å². The summed E-state index contributed by atoms with van der Waals surface area (Å²) in [6.07, 6.45) is 1.17. The summed E-state index contributed by atoms with van der Waals surface area (Å²) in [4.78, 5) is 4.61. The molecule has 0 fully saturated rings. The molecule has 2 rings (SSSR count). The van der Waals surface area contributed by atoms with Crippen LogP contribution in [0.1, 0.15) is 25.7 Å². The SMILES string of the molecule is CC(C)C(CN)c1nc2cc(S(C)(=O)=O)ccc2o1. The zero-order chi connectivity index (χ0) is 14.2. The van der Waals surface area contributed by atoms with E-state index in [1.807, 2.05) is 13.8 Å². The third-order valence-corrected chi connectivity index (χ3v) is 4.29. The van der Waals surface area contributed by atoms with Crippen LogP contribution in [0, 0.1) is 5.92 Å². The van der Waals surface area contributed by atoms with Crippen LogP contribution in [-0.4, -0.2) is 26.2 Å². The Balaban J connectivity index is 2.52. The van der Waals surface area contributed by atoms with Gasteiger partial charge in [0.2, 0.25) is 0 Å². The van der Waals surface area contributed by atoms with Gasteiger partial charge in [-0.3, -0.25) is 0 Å². The summed E-state index contributed by atoms with van der Waals surface area (Å²) in [5.41, 5.74) is 6.87. The molecule has 1 aromatic carbocycles. The summed E-state index contributed by atoms with van der Waals surface area (Å²) in [6.45, 7) is 4.55. The van der Waals surface area contributed by atoms with E-state index in [0.29, 0.717) is 29.5 Å². The minimum absolute atomic E-state index is 0.0362. The third-order valence-electron chi connectivity index (χ3n) is 3.18. The molecule has 1 aromatic heterocycles. The fourth-order valence-corrected chi connectivity index (χ4v) is 2.61. The molecule has 1 heterocycles. The Labute approximate surface area is 112 Å². The van der Waals surface area contributed by atoms with Crippen molar-refractivity contribution in [2.24, 2.45) is 11.7 Å². The van der Waals surface area contributed by atoms with Crippen LogP contribution < -0.4 is 5.73 Å². The fraction of sp³-hybridized carbons (Fsp3) is 0.462. The Hall–Kier alpha value is -1.40. The molecule has 0 saturated heterocycles. The van der Waals surface area contributed by atoms with E-state index in [1.165, 1.54) is 18.4 Å². The molecule has 0 bridgehead atoms. The number of nitrogens with two attached hydrogens (primary N) is 1. The summed E-state index contributed by atoms with van der Waals surface area (Å²) in [7, 11) is -3.23. The van der Waals surface area contributed by atoms with E-state index in [1.54, 1.807) is 6.07 Å². The molecule has 0 aliphatic heterocycles. The van der Waals surface area contributed by atoms with E-state index < -0.39 is 9.84 Å². The number of sulfone groups is 1. The topological polar surface area (TPSA) is 86.2 Å². The number of nitrogens with zero attached hydrogens (tertiary/aromatic N) is 1. The van der Waals surface area contributed by atoms with E-state index in [2.05, 4.69) is 4.98 Å². The van der Waals surface area contributed by atoms with Gasteiger partial charge in [-0.15, -0.1) is 0 Å². The molecule has 0 spiro atoms. The molecule has 2 N–H and O–H groups in total. The number of hydrogen-bond donors (Lipinski definition) is 1. The second-order valence-corrected chi connectivity index (χ2v) is 7.06. The molecule has 0 amide bonds. The van der Waals surface area contributed by atoms with Crippen molar-refractivity contribution < 1.29 is 12.8 Å². The predicted molar refractivity (Wildman–Crippen MR) is 73.8 cm³/mol. The molecule has 19 heavy (non-hydrogen) atoms. The normalized spacial score (nSPS) is 14.2. The van der Waals surface area contributed by atoms with Crippen molar-refractivity contribution in [1.82, 2.24) is 4.98 Å². The maximum Gasteiger partial charge on any atom is 0.200 e. The lowest BCUT2D eigenvalue weighted by Crippen LogP contribution is -2.17. The first-order chi connectivity index (χ1) is 8.82. The highest BCUT2D eigenvalue weighted by Gasteiger charge is 2.21. The molecule has 0 radical (unpaired) electrons. The van der Waals surface area contributed by atoms with Crippen molar-refractivity contribution >= 4 is 20.9 Å². The van der Waals surface area contributed by atoms with Crippen LogP contribution in [0.4, 0.5) is 0 Å². The standard InChI is InChI=1S/C13H18N2O3S/c1-8(2)10(7-14)13-15-11-6-9(19(3,16)17)4-5-12(11)18-13/h4-6,8,10H,7,14H2,1-3H3. The lowest BCUT2D eigenvalue weighted by atomic mass is 9.96. The van der Waals surface area contributed by atoms with Crippen LogP contribution in [0.2, 0.25) is 0 Å². The highest BCUT2D eigenvalue weighted by Crippen LogP contribution is 2.27. The zero-order valence-electron chi connectivity index (χ0n) is 11.3.